The lowest BCUT2D eigenvalue weighted by Crippen LogP contribution is -2.42. The summed E-state index contributed by atoms with van der Waals surface area (Å²) in [5.74, 6) is 2.30. The highest BCUT2D eigenvalue weighted by molar-refractivity contribution is 5.92. The molecule has 0 radical (unpaired) electrons. The quantitative estimate of drug-likeness (QED) is 0.621. The first kappa shape index (κ1) is 18.9. The first-order valence-corrected chi connectivity index (χ1v) is 10.7. The van der Waals surface area contributed by atoms with Crippen LogP contribution in [0.3, 0.4) is 0 Å². The number of likely N-dealkylation sites (tertiary alicyclic amines) is 1. The zero-order valence-electron chi connectivity index (χ0n) is 17.2. The average molecular weight is 402 g/mol. The summed E-state index contributed by atoms with van der Waals surface area (Å²) >= 11 is 0. The second-order valence-corrected chi connectivity index (χ2v) is 8.16. The van der Waals surface area contributed by atoms with Gasteiger partial charge in [0.15, 0.2) is 5.75 Å². The molecule has 1 aromatic heterocycles. The highest BCUT2D eigenvalue weighted by Crippen LogP contribution is 2.36. The molecular formula is C25H26N2O3. The number of rotatable bonds is 5. The Labute approximate surface area is 176 Å². The molecule has 30 heavy (non-hydrogen) atoms. The first-order chi connectivity index (χ1) is 14.7. The van der Waals surface area contributed by atoms with Crippen molar-refractivity contribution in [2.24, 2.45) is 5.92 Å². The fourth-order valence-corrected chi connectivity index (χ4v) is 4.24. The standard InChI is InChI=1S/C25H26N2O3/c1-29-24-22(11-8-18-3-2-14-26-23(18)24)17-6-9-20(10-7-17)30-21-12-15-27(16-13-21)25(28)19-4-5-19/h2-3,6-11,14,19,21H,4-5,12-13,15-16H2,1H3. The van der Waals surface area contributed by atoms with Crippen molar-refractivity contribution in [2.45, 2.75) is 31.8 Å². The van der Waals surface area contributed by atoms with E-state index in [1.807, 2.05) is 29.2 Å². The van der Waals surface area contributed by atoms with Gasteiger partial charge in [0.2, 0.25) is 5.91 Å². The molecule has 0 bridgehead atoms. The molecule has 1 aliphatic heterocycles. The predicted molar refractivity (Wildman–Crippen MR) is 117 cm³/mol. The number of aromatic nitrogens is 1. The van der Waals surface area contributed by atoms with E-state index in [0.29, 0.717) is 11.8 Å². The summed E-state index contributed by atoms with van der Waals surface area (Å²) in [4.78, 5) is 18.7. The minimum atomic E-state index is 0.165. The van der Waals surface area contributed by atoms with Gasteiger partial charge in [-0.15, -0.1) is 0 Å². The Morgan fingerprint density at radius 3 is 2.47 bits per heavy atom. The van der Waals surface area contributed by atoms with Crippen molar-refractivity contribution in [1.82, 2.24) is 9.88 Å². The number of pyridine rings is 1. The monoisotopic (exact) mass is 402 g/mol. The fourth-order valence-electron chi connectivity index (χ4n) is 4.24. The number of methoxy groups -OCH3 is 1. The maximum atomic E-state index is 12.2. The van der Waals surface area contributed by atoms with E-state index in [1.54, 1.807) is 13.3 Å². The van der Waals surface area contributed by atoms with Gasteiger partial charge in [-0.3, -0.25) is 9.78 Å². The minimum Gasteiger partial charge on any atom is -0.494 e. The second kappa shape index (κ2) is 7.98. The van der Waals surface area contributed by atoms with Crippen LogP contribution in [0, 0.1) is 5.92 Å². The van der Waals surface area contributed by atoms with Crippen LogP contribution in [-0.2, 0) is 4.79 Å². The van der Waals surface area contributed by atoms with E-state index < -0.39 is 0 Å². The van der Waals surface area contributed by atoms with Gasteiger partial charge in [0.05, 0.1) is 7.11 Å². The van der Waals surface area contributed by atoms with Gasteiger partial charge >= 0.3 is 0 Å². The topological polar surface area (TPSA) is 51.7 Å². The molecule has 0 spiro atoms. The molecule has 0 N–H and O–H groups in total. The fraction of sp³-hybridized carbons (Fsp3) is 0.360. The maximum Gasteiger partial charge on any atom is 0.225 e. The Balaban J connectivity index is 1.27. The normalized spacial score (nSPS) is 17.2. The van der Waals surface area contributed by atoms with Crippen LogP contribution < -0.4 is 9.47 Å². The van der Waals surface area contributed by atoms with Gasteiger partial charge < -0.3 is 14.4 Å². The lowest BCUT2D eigenvalue weighted by atomic mass is 10.0. The van der Waals surface area contributed by atoms with Gasteiger partial charge in [0.25, 0.3) is 0 Å². The molecule has 0 atom stereocenters. The van der Waals surface area contributed by atoms with Crippen molar-refractivity contribution in [3.8, 4) is 22.6 Å². The number of fused-ring (bicyclic) bond motifs is 1. The molecule has 2 aromatic carbocycles. The molecule has 2 heterocycles. The Bertz CT molecular complexity index is 1050. The summed E-state index contributed by atoms with van der Waals surface area (Å²) in [6, 6.07) is 16.3. The van der Waals surface area contributed by atoms with E-state index in [0.717, 1.165) is 72.3 Å². The highest BCUT2D eigenvalue weighted by atomic mass is 16.5. The number of hydrogen-bond acceptors (Lipinski definition) is 4. The van der Waals surface area contributed by atoms with E-state index in [9.17, 15) is 4.79 Å². The van der Waals surface area contributed by atoms with E-state index in [-0.39, 0.29) is 6.10 Å². The molecule has 1 amide bonds. The molecule has 1 saturated heterocycles. The van der Waals surface area contributed by atoms with E-state index >= 15 is 0 Å². The van der Waals surface area contributed by atoms with Crippen LogP contribution >= 0.6 is 0 Å². The Kier molecular flexibility index (Phi) is 5.03. The van der Waals surface area contributed by atoms with Gasteiger partial charge in [0, 0.05) is 49.0 Å². The first-order valence-electron chi connectivity index (χ1n) is 10.7. The highest BCUT2D eigenvalue weighted by Gasteiger charge is 2.35. The van der Waals surface area contributed by atoms with Gasteiger partial charge in [-0.1, -0.05) is 24.3 Å². The number of hydrogen-bond donors (Lipinski definition) is 0. The van der Waals surface area contributed by atoms with Crippen LogP contribution in [0.15, 0.2) is 54.7 Å². The van der Waals surface area contributed by atoms with Crippen LogP contribution in [0.4, 0.5) is 0 Å². The molecule has 1 saturated carbocycles. The zero-order valence-corrected chi connectivity index (χ0v) is 17.2. The SMILES string of the molecule is COc1c(-c2ccc(OC3CCN(C(=O)C4CC4)CC3)cc2)ccc2cccnc12. The van der Waals surface area contributed by atoms with E-state index in [2.05, 4.69) is 29.2 Å². The number of benzene rings is 2. The number of amides is 1. The number of carbonyl (C=O) groups excluding carboxylic acids is 1. The summed E-state index contributed by atoms with van der Waals surface area (Å²) in [5.41, 5.74) is 2.95. The average Bonchev–Trinajstić information content (AvgIpc) is 3.64. The van der Waals surface area contributed by atoms with Crippen molar-refractivity contribution in [1.29, 1.82) is 0 Å². The molecule has 3 aromatic rings. The predicted octanol–water partition coefficient (Wildman–Crippen LogP) is 4.69. The molecule has 5 heteroatoms. The lowest BCUT2D eigenvalue weighted by Gasteiger charge is -2.32. The summed E-state index contributed by atoms with van der Waals surface area (Å²) < 4.78 is 11.9. The van der Waals surface area contributed by atoms with Gasteiger partial charge in [-0.2, -0.15) is 0 Å². The number of piperidine rings is 1. The van der Waals surface area contributed by atoms with Crippen molar-refractivity contribution < 1.29 is 14.3 Å². The Morgan fingerprint density at radius 2 is 1.77 bits per heavy atom. The molecule has 2 fully saturated rings. The number of nitrogens with zero attached hydrogens (tertiary/aromatic N) is 2. The molecule has 5 rings (SSSR count). The van der Waals surface area contributed by atoms with Crippen molar-refractivity contribution in [3.63, 3.8) is 0 Å². The van der Waals surface area contributed by atoms with Crippen molar-refractivity contribution in [2.75, 3.05) is 20.2 Å². The molecule has 0 unspecified atom stereocenters. The summed E-state index contributed by atoms with van der Waals surface area (Å²) in [5, 5.41) is 1.06. The molecule has 1 aliphatic carbocycles. The Morgan fingerprint density at radius 1 is 1.00 bits per heavy atom. The van der Waals surface area contributed by atoms with Crippen LogP contribution in [0.2, 0.25) is 0 Å². The zero-order chi connectivity index (χ0) is 20.5. The third-order valence-electron chi connectivity index (χ3n) is 6.08. The number of ether oxygens (including phenoxy) is 2. The van der Waals surface area contributed by atoms with Crippen molar-refractivity contribution >= 4 is 16.8 Å². The van der Waals surface area contributed by atoms with E-state index in [4.69, 9.17) is 9.47 Å². The third kappa shape index (κ3) is 3.72. The van der Waals surface area contributed by atoms with Crippen molar-refractivity contribution in [3.05, 3.63) is 54.7 Å². The maximum absolute atomic E-state index is 12.2. The number of carbonyl (C=O) groups is 1. The Hall–Kier alpha value is -3.08. The van der Waals surface area contributed by atoms with Gasteiger partial charge in [0.1, 0.15) is 17.4 Å². The van der Waals surface area contributed by atoms with E-state index in [1.165, 1.54) is 0 Å². The summed E-state index contributed by atoms with van der Waals surface area (Å²) in [6.07, 6.45) is 5.88. The van der Waals surface area contributed by atoms with Crippen LogP contribution in [0.1, 0.15) is 25.7 Å². The second-order valence-electron chi connectivity index (χ2n) is 8.16. The minimum absolute atomic E-state index is 0.165. The van der Waals surface area contributed by atoms with Crippen LogP contribution in [0.5, 0.6) is 11.5 Å². The molecular weight excluding hydrogens is 376 g/mol. The van der Waals surface area contributed by atoms with Gasteiger partial charge in [-0.05, 0) is 42.7 Å². The largest absolute Gasteiger partial charge is 0.494 e. The van der Waals surface area contributed by atoms with Gasteiger partial charge in [-0.25, -0.2) is 0 Å². The molecule has 2 aliphatic rings. The lowest BCUT2D eigenvalue weighted by molar-refractivity contribution is -0.134. The summed E-state index contributed by atoms with van der Waals surface area (Å²) in [7, 11) is 1.69. The van der Waals surface area contributed by atoms with Crippen LogP contribution in [-0.4, -0.2) is 42.1 Å². The van der Waals surface area contributed by atoms with Crippen LogP contribution in [0.25, 0.3) is 22.0 Å². The summed E-state index contributed by atoms with van der Waals surface area (Å²) in [6.45, 7) is 1.61. The smallest absolute Gasteiger partial charge is 0.225 e. The third-order valence-corrected chi connectivity index (χ3v) is 6.08. The molecule has 5 nitrogen and oxygen atoms in total. The molecule has 154 valence electrons.